The van der Waals surface area contributed by atoms with E-state index in [-0.39, 0.29) is 0 Å². The van der Waals surface area contributed by atoms with Crippen LogP contribution in [0.15, 0.2) is 28.7 Å². The maximum Gasteiger partial charge on any atom is 0.0351 e. The predicted octanol–water partition coefficient (Wildman–Crippen LogP) is 1.41. The Bertz CT molecular complexity index is 265. The van der Waals surface area contributed by atoms with Gasteiger partial charge in [-0.2, -0.15) is 0 Å². The van der Waals surface area contributed by atoms with Crippen molar-refractivity contribution < 1.29 is 0 Å². The highest BCUT2D eigenvalue weighted by atomic mass is 79.9. The highest BCUT2D eigenvalue weighted by Gasteiger charge is 1.91. The largest absolute Gasteiger partial charge is 0.384 e. The zero-order valence-corrected chi connectivity index (χ0v) is 9.68. The first-order chi connectivity index (χ1) is 6.83. The van der Waals surface area contributed by atoms with E-state index in [0.717, 1.165) is 29.8 Å². The van der Waals surface area contributed by atoms with Crippen LogP contribution in [-0.2, 0) is 0 Å². The first-order valence-corrected chi connectivity index (χ1v) is 5.52. The Kier molecular flexibility index (Phi) is 5.59. The fourth-order valence-corrected chi connectivity index (χ4v) is 1.52. The summed E-state index contributed by atoms with van der Waals surface area (Å²) in [6.45, 7) is 3.41. The molecule has 14 heavy (non-hydrogen) atoms. The lowest BCUT2D eigenvalue weighted by molar-refractivity contribution is 0.707. The van der Waals surface area contributed by atoms with Gasteiger partial charge in [-0.1, -0.05) is 22.0 Å². The molecule has 3 nitrogen and oxygen atoms in total. The second-order valence-electron chi connectivity index (χ2n) is 2.98. The molecule has 0 bridgehead atoms. The van der Waals surface area contributed by atoms with Crippen LogP contribution in [-0.4, -0.2) is 26.2 Å². The molecule has 4 N–H and O–H groups in total. The Balaban J connectivity index is 2.18. The van der Waals surface area contributed by atoms with E-state index in [4.69, 9.17) is 5.73 Å². The standard InChI is InChI=1S/C10H16BrN3/c11-9-2-1-3-10(8-9)14-7-6-13-5-4-12/h1-3,8,13-14H,4-7,12H2. The molecule has 0 saturated carbocycles. The Morgan fingerprint density at radius 3 is 2.79 bits per heavy atom. The van der Waals surface area contributed by atoms with E-state index in [1.807, 2.05) is 18.2 Å². The summed E-state index contributed by atoms with van der Waals surface area (Å²) in [7, 11) is 0. The topological polar surface area (TPSA) is 50.1 Å². The van der Waals surface area contributed by atoms with Crippen LogP contribution >= 0.6 is 15.9 Å². The lowest BCUT2D eigenvalue weighted by Gasteiger charge is -2.07. The van der Waals surface area contributed by atoms with Gasteiger partial charge in [0.1, 0.15) is 0 Å². The number of nitrogens with two attached hydrogens (primary N) is 1. The van der Waals surface area contributed by atoms with E-state index in [0.29, 0.717) is 6.54 Å². The third-order valence-electron chi connectivity index (χ3n) is 1.78. The third kappa shape index (κ3) is 4.60. The van der Waals surface area contributed by atoms with Gasteiger partial charge in [0.2, 0.25) is 0 Å². The maximum absolute atomic E-state index is 5.35. The van der Waals surface area contributed by atoms with Gasteiger partial charge >= 0.3 is 0 Å². The number of benzene rings is 1. The molecule has 0 radical (unpaired) electrons. The highest BCUT2D eigenvalue weighted by molar-refractivity contribution is 9.10. The first kappa shape index (κ1) is 11.5. The minimum atomic E-state index is 0.691. The average Bonchev–Trinajstić information content (AvgIpc) is 2.18. The van der Waals surface area contributed by atoms with Crippen molar-refractivity contribution in [3.8, 4) is 0 Å². The molecule has 0 unspecified atom stereocenters. The summed E-state index contributed by atoms with van der Waals surface area (Å²) in [6.07, 6.45) is 0. The van der Waals surface area contributed by atoms with E-state index in [9.17, 15) is 0 Å². The van der Waals surface area contributed by atoms with Crippen LogP contribution in [0.5, 0.6) is 0 Å². The van der Waals surface area contributed by atoms with Crippen molar-refractivity contribution in [3.05, 3.63) is 28.7 Å². The molecule has 1 aromatic carbocycles. The molecule has 0 amide bonds. The van der Waals surface area contributed by atoms with E-state index in [2.05, 4.69) is 32.6 Å². The van der Waals surface area contributed by atoms with Crippen LogP contribution in [0.2, 0.25) is 0 Å². The molecule has 0 aliphatic rings. The van der Waals surface area contributed by atoms with E-state index in [1.165, 1.54) is 0 Å². The van der Waals surface area contributed by atoms with Crippen molar-refractivity contribution in [2.75, 3.05) is 31.5 Å². The lowest BCUT2D eigenvalue weighted by Crippen LogP contribution is -2.27. The van der Waals surface area contributed by atoms with Crippen molar-refractivity contribution in [1.82, 2.24) is 5.32 Å². The summed E-state index contributed by atoms with van der Waals surface area (Å²) in [5, 5.41) is 6.53. The number of rotatable bonds is 6. The number of hydrogen-bond acceptors (Lipinski definition) is 3. The normalized spacial score (nSPS) is 10.1. The SMILES string of the molecule is NCCNCCNc1cccc(Br)c1. The average molecular weight is 258 g/mol. The Morgan fingerprint density at radius 2 is 2.07 bits per heavy atom. The van der Waals surface area contributed by atoms with Crippen molar-refractivity contribution in [1.29, 1.82) is 0 Å². The van der Waals surface area contributed by atoms with Gasteiger partial charge in [-0.05, 0) is 18.2 Å². The molecule has 78 valence electrons. The van der Waals surface area contributed by atoms with Crippen LogP contribution in [0.1, 0.15) is 0 Å². The van der Waals surface area contributed by atoms with Gasteiger partial charge in [0.05, 0.1) is 0 Å². The van der Waals surface area contributed by atoms with Crippen molar-refractivity contribution in [2.24, 2.45) is 5.73 Å². The second kappa shape index (κ2) is 6.81. The molecular weight excluding hydrogens is 242 g/mol. The molecule has 0 saturated heterocycles. The maximum atomic E-state index is 5.35. The number of nitrogens with one attached hydrogen (secondary N) is 2. The lowest BCUT2D eigenvalue weighted by atomic mass is 10.3. The number of anilines is 1. The Hall–Kier alpha value is -0.580. The minimum absolute atomic E-state index is 0.691. The Morgan fingerprint density at radius 1 is 1.21 bits per heavy atom. The molecule has 1 aromatic rings. The van der Waals surface area contributed by atoms with Gasteiger partial charge in [-0.25, -0.2) is 0 Å². The van der Waals surface area contributed by atoms with Crippen LogP contribution in [0, 0.1) is 0 Å². The van der Waals surface area contributed by atoms with Crippen LogP contribution < -0.4 is 16.4 Å². The molecule has 0 aliphatic heterocycles. The quantitative estimate of drug-likeness (QED) is 0.676. The van der Waals surface area contributed by atoms with Gasteiger partial charge < -0.3 is 16.4 Å². The summed E-state index contributed by atoms with van der Waals surface area (Å²) in [5.74, 6) is 0. The Labute approximate surface area is 93.2 Å². The number of halogens is 1. The summed E-state index contributed by atoms with van der Waals surface area (Å²) in [6, 6.07) is 8.13. The van der Waals surface area contributed by atoms with Crippen molar-refractivity contribution in [2.45, 2.75) is 0 Å². The van der Waals surface area contributed by atoms with E-state index < -0.39 is 0 Å². The summed E-state index contributed by atoms with van der Waals surface area (Å²) in [4.78, 5) is 0. The van der Waals surface area contributed by atoms with Crippen molar-refractivity contribution in [3.63, 3.8) is 0 Å². The third-order valence-corrected chi connectivity index (χ3v) is 2.27. The predicted molar refractivity (Wildman–Crippen MR) is 64.6 cm³/mol. The van der Waals surface area contributed by atoms with Gasteiger partial charge in [0.15, 0.2) is 0 Å². The highest BCUT2D eigenvalue weighted by Crippen LogP contribution is 2.14. The van der Waals surface area contributed by atoms with Crippen LogP contribution in [0.25, 0.3) is 0 Å². The fraction of sp³-hybridized carbons (Fsp3) is 0.400. The zero-order chi connectivity index (χ0) is 10.2. The molecule has 0 aliphatic carbocycles. The molecular formula is C10H16BrN3. The molecule has 1 rings (SSSR count). The molecule has 0 heterocycles. The summed E-state index contributed by atoms with van der Waals surface area (Å²) < 4.78 is 1.09. The zero-order valence-electron chi connectivity index (χ0n) is 8.09. The van der Waals surface area contributed by atoms with Gasteiger partial charge in [0.25, 0.3) is 0 Å². The number of hydrogen-bond donors (Lipinski definition) is 3. The van der Waals surface area contributed by atoms with Crippen molar-refractivity contribution >= 4 is 21.6 Å². The second-order valence-corrected chi connectivity index (χ2v) is 3.89. The van der Waals surface area contributed by atoms with E-state index in [1.54, 1.807) is 0 Å². The molecule has 4 heteroatoms. The summed E-state index contributed by atoms with van der Waals surface area (Å²) in [5.41, 5.74) is 6.49. The van der Waals surface area contributed by atoms with Gasteiger partial charge in [-0.3, -0.25) is 0 Å². The van der Waals surface area contributed by atoms with Crippen LogP contribution in [0.4, 0.5) is 5.69 Å². The molecule has 0 atom stereocenters. The molecule has 0 spiro atoms. The molecule has 0 fully saturated rings. The van der Waals surface area contributed by atoms with Gasteiger partial charge in [-0.15, -0.1) is 0 Å². The smallest absolute Gasteiger partial charge is 0.0351 e. The molecule has 0 aromatic heterocycles. The fourth-order valence-electron chi connectivity index (χ4n) is 1.12. The van der Waals surface area contributed by atoms with Crippen LogP contribution in [0.3, 0.4) is 0 Å². The van der Waals surface area contributed by atoms with E-state index >= 15 is 0 Å². The minimum Gasteiger partial charge on any atom is -0.384 e. The summed E-state index contributed by atoms with van der Waals surface area (Å²) >= 11 is 3.42. The first-order valence-electron chi connectivity index (χ1n) is 4.73. The monoisotopic (exact) mass is 257 g/mol. The van der Waals surface area contributed by atoms with Gasteiger partial charge in [0, 0.05) is 36.3 Å².